The maximum atomic E-state index is 14.7. The van der Waals surface area contributed by atoms with E-state index >= 15 is 0 Å². The first-order valence-electron chi connectivity index (χ1n) is 11.4. The van der Waals surface area contributed by atoms with Gasteiger partial charge in [0.1, 0.15) is 17.3 Å². The molecule has 4 aromatic rings. The number of benzene rings is 2. The number of morpholine rings is 1. The van der Waals surface area contributed by atoms with Gasteiger partial charge in [0.25, 0.3) is 0 Å². The van der Waals surface area contributed by atoms with Crippen molar-refractivity contribution in [3.63, 3.8) is 0 Å². The van der Waals surface area contributed by atoms with E-state index in [4.69, 9.17) is 20.2 Å². The summed E-state index contributed by atoms with van der Waals surface area (Å²) < 4.78 is 25.3. The summed E-state index contributed by atoms with van der Waals surface area (Å²) in [6, 6.07) is 12.5. The van der Waals surface area contributed by atoms with Crippen LogP contribution in [-0.4, -0.2) is 54.4 Å². The monoisotopic (exact) mass is 521 g/mol. The minimum atomic E-state index is -0.580. The number of nitrogens with zero attached hydrogens (tertiary/aromatic N) is 4. The molecular weight excluding hydrogens is 497 g/mol. The Morgan fingerprint density at radius 1 is 1.11 bits per heavy atom. The predicted octanol–water partition coefficient (Wildman–Crippen LogP) is 4.48. The van der Waals surface area contributed by atoms with Crippen LogP contribution in [0.1, 0.15) is 0 Å². The quantitative estimate of drug-likeness (QED) is 0.339. The van der Waals surface area contributed by atoms with E-state index in [9.17, 15) is 9.18 Å². The van der Waals surface area contributed by atoms with Crippen LogP contribution in [-0.2, 0) is 4.74 Å². The molecule has 37 heavy (non-hydrogen) atoms. The number of carbonyl (C=O) groups excluding carboxylic acids is 1. The highest BCUT2D eigenvalue weighted by molar-refractivity contribution is 7.19. The van der Waals surface area contributed by atoms with E-state index in [1.165, 1.54) is 17.4 Å². The molecule has 2 aromatic heterocycles. The molecule has 0 aliphatic carbocycles. The third kappa shape index (κ3) is 5.60. The zero-order valence-corrected chi connectivity index (χ0v) is 20.7. The summed E-state index contributed by atoms with van der Waals surface area (Å²) >= 11 is 1.45. The molecule has 10 nitrogen and oxygen atoms in total. The van der Waals surface area contributed by atoms with Crippen molar-refractivity contribution in [3.05, 3.63) is 60.5 Å². The Morgan fingerprint density at radius 2 is 1.89 bits per heavy atom. The highest BCUT2D eigenvalue weighted by atomic mass is 32.1. The highest BCUT2D eigenvalue weighted by Crippen LogP contribution is 2.41. The molecule has 1 aliphatic rings. The number of hydrogen-bond donors (Lipinski definition) is 3. The lowest BCUT2D eigenvalue weighted by Crippen LogP contribution is -2.36. The van der Waals surface area contributed by atoms with Gasteiger partial charge in [-0.3, -0.25) is 0 Å². The second-order valence-corrected chi connectivity index (χ2v) is 9.05. The molecule has 1 aliphatic heterocycles. The van der Waals surface area contributed by atoms with E-state index in [-0.39, 0.29) is 11.6 Å². The highest BCUT2D eigenvalue weighted by Gasteiger charge is 2.22. The van der Waals surface area contributed by atoms with Crippen molar-refractivity contribution in [1.82, 2.24) is 15.0 Å². The van der Waals surface area contributed by atoms with Crippen molar-refractivity contribution in [3.8, 4) is 27.6 Å². The zero-order chi connectivity index (χ0) is 25.8. The van der Waals surface area contributed by atoms with Crippen LogP contribution in [0, 0.1) is 5.82 Å². The lowest BCUT2D eigenvalue weighted by atomic mass is 10.1. The van der Waals surface area contributed by atoms with Gasteiger partial charge in [0.15, 0.2) is 5.13 Å². The molecule has 0 radical (unpaired) electrons. The summed E-state index contributed by atoms with van der Waals surface area (Å²) in [5.74, 6) is 0.215. The van der Waals surface area contributed by atoms with E-state index in [1.54, 1.807) is 55.8 Å². The first-order valence-corrected chi connectivity index (χ1v) is 12.3. The summed E-state index contributed by atoms with van der Waals surface area (Å²) in [6.07, 6.45) is 1.57. The summed E-state index contributed by atoms with van der Waals surface area (Å²) in [5, 5.41) is 6.07. The fourth-order valence-corrected chi connectivity index (χ4v) is 4.92. The van der Waals surface area contributed by atoms with Crippen molar-refractivity contribution in [2.75, 3.05) is 54.7 Å². The van der Waals surface area contributed by atoms with Gasteiger partial charge in [-0.15, -0.1) is 0 Å². The number of nitrogens with one attached hydrogen (secondary N) is 2. The van der Waals surface area contributed by atoms with Crippen LogP contribution in [0.4, 0.5) is 31.6 Å². The largest absolute Gasteiger partial charge is 0.497 e. The average molecular weight is 522 g/mol. The fourth-order valence-electron chi connectivity index (χ4n) is 3.79. The number of rotatable bonds is 6. The van der Waals surface area contributed by atoms with Crippen molar-refractivity contribution in [1.29, 1.82) is 0 Å². The number of nitrogen functional groups attached to an aromatic ring is 1. The van der Waals surface area contributed by atoms with Gasteiger partial charge in [0.05, 0.1) is 36.6 Å². The Balaban J connectivity index is 1.45. The molecule has 1 fully saturated rings. The van der Waals surface area contributed by atoms with Gasteiger partial charge < -0.3 is 30.7 Å². The zero-order valence-electron chi connectivity index (χ0n) is 19.9. The summed E-state index contributed by atoms with van der Waals surface area (Å²) in [5.41, 5.74) is 8.21. The van der Waals surface area contributed by atoms with Gasteiger partial charge in [-0.2, -0.15) is 0 Å². The van der Waals surface area contributed by atoms with Crippen LogP contribution in [0.2, 0.25) is 0 Å². The maximum absolute atomic E-state index is 14.7. The van der Waals surface area contributed by atoms with Crippen molar-refractivity contribution in [2.45, 2.75) is 0 Å². The van der Waals surface area contributed by atoms with E-state index in [2.05, 4.69) is 25.5 Å². The van der Waals surface area contributed by atoms with Crippen molar-refractivity contribution >= 4 is 39.8 Å². The standard InChI is InChI=1S/C25H24FN7O3S/c1-35-17-5-3-16(4-6-17)29-24(34)31-20-14-15(2-7-18(20)26)22-21(19-8-9-28-23(27)30-19)32-25(37-22)33-10-12-36-13-11-33/h2-9,14H,10-13H2,1H3,(H2,27,28,30)(H2,29,31,34). The molecule has 5 rings (SSSR count). The fraction of sp³-hybridized carbons (Fsp3) is 0.200. The van der Waals surface area contributed by atoms with E-state index in [0.717, 1.165) is 10.0 Å². The lowest BCUT2D eigenvalue weighted by molar-refractivity contribution is 0.122. The van der Waals surface area contributed by atoms with Crippen molar-refractivity contribution in [2.24, 2.45) is 0 Å². The third-order valence-electron chi connectivity index (χ3n) is 5.64. The van der Waals surface area contributed by atoms with Gasteiger partial charge in [-0.05, 0) is 48.0 Å². The maximum Gasteiger partial charge on any atom is 0.323 e. The Morgan fingerprint density at radius 3 is 2.62 bits per heavy atom. The molecule has 0 bridgehead atoms. The number of carbonyl (C=O) groups is 1. The normalized spacial score (nSPS) is 13.3. The number of anilines is 4. The number of urea groups is 1. The summed E-state index contributed by atoms with van der Waals surface area (Å²) in [7, 11) is 1.56. The number of nitrogens with two attached hydrogens (primary N) is 1. The number of ether oxygens (including phenoxy) is 2. The van der Waals surface area contributed by atoms with E-state index < -0.39 is 11.8 Å². The molecular formula is C25H24FN7O3S. The van der Waals surface area contributed by atoms with Crippen LogP contribution < -0.4 is 26.0 Å². The molecule has 0 atom stereocenters. The molecule has 0 spiro atoms. The molecule has 2 amide bonds. The molecule has 0 saturated carbocycles. The number of aromatic nitrogens is 3. The van der Waals surface area contributed by atoms with E-state index in [1.807, 2.05) is 0 Å². The lowest BCUT2D eigenvalue weighted by Gasteiger charge is -2.26. The minimum absolute atomic E-state index is 0.0259. The van der Waals surface area contributed by atoms with Gasteiger partial charge in [0, 0.05) is 25.0 Å². The Hall–Kier alpha value is -4.29. The average Bonchev–Trinajstić information content (AvgIpc) is 3.37. The first kappa shape index (κ1) is 24.4. The van der Waals surface area contributed by atoms with Crippen LogP contribution in [0.25, 0.3) is 21.8 Å². The molecule has 2 aromatic carbocycles. The third-order valence-corrected chi connectivity index (χ3v) is 6.80. The van der Waals surface area contributed by atoms with Gasteiger partial charge in [0.2, 0.25) is 5.95 Å². The van der Waals surface area contributed by atoms with Crippen LogP contribution >= 0.6 is 11.3 Å². The molecule has 190 valence electrons. The number of methoxy groups -OCH3 is 1. The molecule has 1 saturated heterocycles. The number of amides is 2. The molecule has 4 N–H and O–H groups in total. The van der Waals surface area contributed by atoms with Gasteiger partial charge >= 0.3 is 6.03 Å². The summed E-state index contributed by atoms with van der Waals surface area (Å²) in [6.45, 7) is 2.64. The van der Waals surface area contributed by atoms with Crippen molar-refractivity contribution < 1.29 is 18.7 Å². The molecule has 0 unspecified atom stereocenters. The smallest absolute Gasteiger partial charge is 0.323 e. The summed E-state index contributed by atoms with van der Waals surface area (Å²) in [4.78, 5) is 28.6. The van der Waals surface area contributed by atoms with Gasteiger partial charge in [-0.25, -0.2) is 24.1 Å². The topological polar surface area (TPSA) is 128 Å². The first-order chi connectivity index (χ1) is 18.0. The molecule has 12 heteroatoms. The van der Waals surface area contributed by atoms with Crippen LogP contribution in [0.15, 0.2) is 54.7 Å². The number of halogens is 1. The Labute approximate surface area is 216 Å². The van der Waals surface area contributed by atoms with Crippen LogP contribution in [0.3, 0.4) is 0 Å². The second kappa shape index (κ2) is 10.8. The SMILES string of the molecule is COc1ccc(NC(=O)Nc2cc(-c3sc(N4CCOCC4)nc3-c3ccnc(N)n3)ccc2F)cc1. The predicted molar refractivity (Wildman–Crippen MR) is 142 cm³/mol. The van der Waals surface area contributed by atoms with Crippen LogP contribution in [0.5, 0.6) is 5.75 Å². The number of thiazole rings is 1. The minimum Gasteiger partial charge on any atom is -0.497 e. The second-order valence-electron chi connectivity index (χ2n) is 8.08. The van der Waals surface area contributed by atoms with Gasteiger partial charge in [-0.1, -0.05) is 17.4 Å². The Kier molecular flexibility index (Phi) is 7.10. The van der Waals surface area contributed by atoms with E-state index in [0.29, 0.717) is 54.7 Å². The number of hydrogen-bond acceptors (Lipinski definition) is 9. The Bertz CT molecular complexity index is 1410. The molecule has 3 heterocycles.